The number of anilines is 1. The van der Waals surface area contributed by atoms with E-state index >= 15 is 0 Å². The van der Waals surface area contributed by atoms with Crippen molar-refractivity contribution in [1.82, 2.24) is 40.1 Å². The zero-order valence-electron chi connectivity index (χ0n) is 20.3. The van der Waals surface area contributed by atoms with E-state index in [1.165, 1.54) is 0 Å². The van der Waals surface area contributed by atoms with E-state index in [1.807, 2.05) is 36.4 Å². The Morgan fingerprint density at radius 1 is 0.895 bits per heavy atom. The van der Waals surface area contributed by atoms with Gasteiger partial charge in [-0.3, -0.25) is 29.8 Å². The highest BCUT2D eigenvalue weighted by atomic mass is 16.1. The van der Waals surface area contributed by atoms with Crippen LogP contribution in [0.3, 0.4) is 0 Å². The Balaban J connectivity index is 1.25. The fourth-order valence-electron chi connectivity index (χ4n) is 5.07. The van der Waals surface area contributed by atoms with Crippen LogP contribution in [0.1, 0.15) is 25.7 Å². The van der Waals surface area contributed by atoms with Crippen LogP contribution in [-0.2, 0) is 4.79 Å². The van der Waals surface area contributed by atoms with Crippen LogP contribution in [0.25, 0.3) is 56.1 Å². The highest BCUT2D eigenvalue weighted by Crippen LogP contribution is 2.32. The van der Waals surface area contributed by atoms with E-state index in [4.69, 9.17) is 4.98 Å². The summed E-state index contributed by atoms with van der Waals surface area (Å²) in [6.45, 7) is 0. The first-order valence-electron chi connectivity index (χ1n) is 12.6. The number of hydrogen-bond donors (Lipinski definition) is 3. The average molecular weight is 502 g/mol. The summed E-state index contributed by atoms with van der Waals surface area (Å²) >= 11 is 0. The second kappa shape index (κ2) is 9.15. The number of imidazole rings is 1. The molecule has 0 radical (unpaired) electrons. The van der Waals surface area contributed by atoms with E-state index < -0.39 is 0 Å². The maximum absolute atomic E-state index is 12.6. The third kappa shape index (κ3) is 3.96. The van der Waals surface area contributed by atoms with Crippen molar-refractivity contribution in [3.8, 4) is 34.2 Å². The van der Waals surface area contributed by atoms with E-state index in [1.54, 1.807) is 31.0 Å². The second-order valence-electron chi connectivity index (χ2n) is 9.48. The van der Waals surface area contributed by atoms with E-state index in [0.29, 0.717) is 22.9 Å². The average Bonchev–Trinajstić information content (AvgIpc) is 3.73. The van der Waals surface area contributed by atoms with Gasteiger partial charge in [0.25, 0.3) is 0 Å². The Morgan fingerprint density at radius 2 is 1.82 bits per heavy atom. The molecule has 0 bridgehead atoms. The molecular formula is C28H23N9O. The predicted molar refractivity (Wildman–Crippen MR) is 144 cm³/mol. The summed E-state index contributed by atoms with van der Waals surface area (Å²) in [4.78, 5) is 38.7. The van der Waals surface area contributed by atoms with Crippen LogP contribution >= 0.6 is 0 Å². The van der Waals surface area contributed by atoms with E-state index in [-0.39, 0.29) is 11.8 Å². The minimum Gasteiger partial charge on any atom is -0.336 e. The summed E-state index contributed by atoms with van der Waals surface area (Å²) < 4.78 is 0. The number of carbonyl (C=O) groups excluding carboxylic acids is 1. The Labute approximate surface area is 217 Å². The Morgan fingerprint density at radius 3 is 2.68 bits per heavy atom. The summed E-state index contributed by atoms with van der Waals surface area (Å²) in [5, 5.41) is 11.5. The van der Waals surface area contributed by atoms with Gasteiger partial charge in [0.15, 0.2) is 5.82 Å². The molecule has 1 amide bonds. The molecule has 10 heteroatoms. The predicted octanol–water partition coefficient (Wildman–Crippen LogP) is 5.15. The van der Waals surface area contributed by atoms with Crippen molar-refractivity contribution in [3.63, 3.8) is 0 Å². The monoisotopic (exact) mass is 501 g/mol. The van der Waals surface area contributed by atoms with Gasteiger partial charge in [0.1, 0.15) is 16.9 Å². The maximum atomic E-state index is 12.6. The molecule has 1 aliphatic carbocycles. The van der Waals surface area contributed by atoms with Crippen molar-refractivity contribution in [1.29, 1.82) is 0 Å². The number of pyridine rings is 4. The lowest BCUT2D eigenvalue weighted by atomic mass is 10.1. The quantitative estimate of drug-likeness (QED) is 0.297. The fraction of sp³-hybridized carbons (Fsp3) is 0.179. The Kier molecular flexibility index (Phi) is 5.35. The van der Waals surface area contributed by atoms with Gasteiger partial charge >= 0.3 is 0 Å². The van der Waals surface area contributed by atoms with Gasteiger partial charge in [0, 0.05) is 35.5 Å². The van der Waals surface area contributed by atoms with Crippen LogP contribution in [0, 0.1) is 5.92 Å². The second-order valence-corrected chi connectivity index (χ2v) is 9.48. The lowest BCUT2D eigenvalue weighted by Crippen LogP contribution is -2.20. The number of rotatable bonds is 5. The van der Waals surface area contributed by atoms with Crippen molar-refractivity contribution in [2.45, 2.75) is 25.7 Å². The van der Waals surface area contributed by atoms with Crippen molar-refractivity contribution < 1.29 is 4.79 Å². The molecule has 1 saturated carbocycles. The van der Waals surface area contributed by atoms with Crippen molar-refractivity contribution in [2.24, 2.45) is 5.92 Å². The lowest BCUT2D eigenvalue weighted by Gasteiger charge is -2.11. The number of aromatic amines is 2. The number of nitrogens with zero attached hydrogens (tertiary/aromatic N) is 6. The smallest absolute Gasteiger partial charge is 0.227 e. The normalized spacial score (nSPS) is 13.9. The third-order valence-corrected chi connectivity index (χ3v) is 7.01. The molecule has 3 N–H and O–H groups in total. The molecule has 0 aliphatic heterocycles. The molecule has 186 valence electrons. The summed E-state index contributed by atoms with van der Waals surface area (Å²) in [5.41, 5.74) is 6.66. The molecule has 6 aromatic rings. The topological polar surface area (TPSA) is 138 Å². The molecule has 1 fully saturated rings. The number of hydrogen-bond acceptors (Lipinski definition) is 7. The Hall–Kier alpha value is -4.99. The Bertz CT molecular complexity index is 1780. The number of amides is 1. The molecule has 1 aliphatic rings. The van der Waals surface area contributed by atoms with Gasteiger partial charge in [-0.1, -0.05) is 18.9 Å². The van der Waals surface area contributed by atoms with Gasteiger partial charge < -0.3 is 10.3 Å². The molecule has 6 aromatic heterocycles. The number of H-pyrrole nitrogens is 2. The van der Waals surface area contributed by atoms with Gasteiger partial charge in [-0.05, 0) is 43.2 Å². The zero-order chi connectivity index (χ0) is 25.5. The van der Waals surface area contributed by atoms with Crippen LogP contribution in [0.2, 0.25) is 0 Å². The van der Waals surface area contributed by atoms with E-state index in [9.17, 15) is 4.79 Å². The third-order valence-electron chi connectivity index (χ3n) is 7.01. The minimum atomic E-state index is 0.0615. The molecule has 0 spiro atoms. The number of nitrogens with one attached hydrogen (secondary N) is 3. The van der Waals surface area contributed by atoms with Crippen LogP contribution in [0.5, 0.6) is 0 Å². The molecule has 0 atom stereocenters. The van der Waals surface area contributed by atoms with Crippen LogP contribution < -0.4 is 5.32 Å². The molecular weight excluding hydrogens is 478 g/mol. The van der Waals surface area contributed by atoms with Crippen molar-refractivity contribution in [2.75, 3.05) is 5.32 Å². The standard InChI is InChI=1S/C28H23N9O/c38-28(16-5-1-2-6-16)33-18-11-17(13-29-14-18)22-12-19-23(15-32-22)36-37-24(19)27-34-21-8-10-31-25(26(21)35-27)20-7-3-4-9-30-20/h3-4,7-16H,1-2,5-6H2,(H,33,38)(H,34,35)(H,36,37). The molecule has 10 nitrogen and oxygen atoms in total. The van der Waals surface area contributed by atoms with Crippen molar-refractivity contribution in [3.05, 3.63) is 67.4 Å². The van der Waals surface area contributed by atoms with Gasteiger partial charge in [0.2, 0.25) is 5.91 Å². The minimum absolute atomic E-state index is 0.0615. The van der Waals surface area contributed by atoms with E-state index in [0.717, 1.165) is 64.6 Å². The lowest BCUT2D eigenvalue weighted by molar-refractivity contribution is -0.119. The molecule has 0 aromatic carbocycles. The largest absolute Gasteiger partial charge is 0.336 e. The number of fused-ring (bicyclic) bond motifs is 2. The van der Waals surface area contributed by atoms with Crippen molar-refractivity contribution >= 4 is 33.5 Å². The SMILES string of the molecule is O=C(Nc1cncc(-c2cc3c(-c4nc5c(-c6ccccn6)nccc5[nH]4)n[nH]c3cn2)c1)C1CCCC1. The summed E-state index contributed by atoms with van der Waals surface area (Å²) in [6.07, 6.45) is 12.7. The fourth-order valence-corrected chi connectivity index (χ4v) is 5.07. The highest BCUT2D eigenvalue weighted by Gasteiger charge is 2.23. The summed E-state index contributed by atoms with van der Waals surface area (Å²) in [6, 6.07) is 11.5. The summed E-state index contributed by atoms with van der Waals surface area (Å²) in [7, 11) is 0. The summed E-state index contributed by atoms with van der Waals surface area (Å²) in [5.74, 6) is 0.759. The first-order chi connectivity index (χ1) is 18.7. The van der Waals surface area contributed by atoms with Crippen LogP contribution in [0.15, 0.2) is 67.4 Å². The first-order valence-corrected chi connectivity index (χ1v) is 12.6. The molecule has 0 saturated heterocycles. The maximum Gasteiger partial charge on any atom is 0.227 e. The number of aromatic nitrogens is 8. The van der Waals surface area contributed by atoms with Crippen LogP contribution in [0.4, 0.5) is 5.69 Å². The number of carbonyl (C=O) groups is 1. The molecule has 7 rings (SSSR count). The van der Waals surface area contributed by atoms with Crippen LogP contribution in [-0.4, -0.2) is 46.0 Å². The first kappa shape index (κ1) is 22.2. The molecule has 6 heterocycles. The van der Waals surface area contributed by atoms with Gasteiger partial charge in [-0.15, -0.1) is 0 Å². The van der Waals surface area contributed by atoms with Gasteiger partial charge in [0.05, 0.1) is 40.5 Å². The van der Waals surface area contributed by atoms with Gasteiger partial charge in [-0.2, -0.15) is 5.10 Å². The molecule has 0 unspecified atom stereocenters. The molecule has 38 heavy (non-hydrogen) atoms. The zero-order valence-corrected chi connectivity index (χ0v) is 20.3. The van der Waals surface area contributed by atoms with Gasteiger partial charge in [-0.25, -0.2) is 4.98 Å². The highest BCUT2D eigenvalue weighted by molar-refractivity contribution is 5.97. The van der Waals surface area contributed by atoms with E-state index in [2.05, 4.69) is 40.4 Å².